The van der Waals surface area contributed by atoms with Gasteiger partial charge in [0, 0.05) is 32.1 Å². The lowest BCUT2D eigenvalue weighted by Gasteiger charge is -2.39. The molecule has 0 spiro atoms. The Morgan fingerprint density at radius 3 is 2.00 bits per heavy atom. The molecule has 0 aliphatic carbocycles. The number of nitrogens with two attached hydrogens (primary N) is 1. The second-order valence-electron chi connectivity index (χ2n) is 8.03. The molecule has 0 saturated carbocycles. The fourth-order valence-corrected chi connectivity index (χ4v) is 5.29. The second kappa shape index (κ2) is 11.6. The van der Waals surface area contributed by atoms with Crippen molar-refractivity contribution in [1.29, 1.82) is 0 Å². The number of aliphatic carboxylic acids is 2. The molecule has 2 heterocycles. The Bertz CT molecular complexity index is 857. The van der Waals surface area contributed by atoms with E-state index in [1.807, 2.05) is 0 Å². The van der Waals surface area contributed by atoms with E-state index in [0.717, 1.165) is 0 Å². The first-order chi connectivity index (χ1) is 15.7. The van der Waals surface area contributed by atoms with E-state index < -0.39 is 72.2 Å². The van der Waals surface area contributed by atoms with Gasteiger partial charge in [0.15, 0.2) is 0 Å². The van der Waals surface area contributed by atoms with Crippen LogP contribution in [0.3, 0.4) is 0 Å². The summed E-state index contributed by atoms with van der Waals surface area (Å²) in [7, 11) is -6.21. The van der Waals surface area contributed by atoms with Crippen LogP contribution in [0, 0.1) is 5.92 Å². The van der Waals surface area contributed by atoms with Gasteiger partial charge in [-0.05, 0) is 12.7 Å². The smallest absolute Gasteiger partial charge is 0.480 e. The van der Waals surface area contributed by atoms with Gasteiger partial charge in [-0.1, -0.05) is 6.42 Å². The highest BCUT2D eigenvalue weighted by molar-refractivity contribution is 7.86. The average molecular weight is 546 g/mol. The summed E-state index contributed by atoms with van der Waals surface area (Å²) < 4.78 is 97.3. The molecule has 0 aromatic carbocycles. The van der Waals surface area contributed by atoms with E-state index in [1.54, 1.807) is 0 Å². The lowest BCUT2D eigenvalue weighted by Crippen LogP contribution is -2.63. The first-order valence-electron chi connectivity index (χ1n) is 9.94. The van der Waals surface area contributed by atoms with Crippen LogP contribution in [-0.4, -0.2) is 113 Å². The molecule has 2 saturated heterocycles. The van der Waals surface area contributed by atoms with Crippen molar-refractivity contribution >= 4 is 29.3 Å². The Balaban J connectivity index is 0.000000762. The van der Waals surface area contributed by atoms with Crippen LogP contribution in [0.25, 0.3) is 0 Å². The van der Waals surface area contributed by atoms with Gasteiger partial charge in [0.25, 0.3) is 10.2 Å². The van der Waals surface area contributed by atoms with E-state index in [-0.39, 0.29) is 38.8 Å². The van der Waals surface area contributed by atoms with Gasteiger partial charge in [-0.25, -0.2) is 4.79 Å². The number of hydrogen-bond donors (Lipinski definition) is 6. The Kier molecular flexibility index (Phi) is 10.4. The number of carboxylic acids is 2. The van der Waals surface area contributed by atoms with Gasteiger partial charge < -0.3 is 31.3 Å². The van der Waals surface area contributed by atoms with Crippen molar-refractivity contribution in [3.8, 4) is 0 Å². The van der Waals surface area contributed by atoms with Crippen LogP contribution in [0.2, 0.25) is 6.32 Å². The molecule has 204 valence electrons. The van der Waals surface area contributed by atoms with Crippen LogP contribution in [0.1, 0.15) is 12.8 Å². The summed E-state index contributed by atoms with van der Waals surface area (Å²) in [6.07, 6.45) is -9.66. The zero-order valence-corrected chi connectivity index (χ0v) is 18.8. The minimum absolute atomic E-state index is 0.0626. The summed E-state index contributed by atoms with van der Waals surface area (Å²) in [4.78, 5) is 20.6. The molecular formula is C15H25BF6N4O8S. The highest BCUT2D eigenvalue weighted by Crippen LogP contribution is 2.34. The molecule has 0 aromatic rings. The van der Waals surface area contributed by atoms with Crippen LogP contribution < -0.4 is 11.1 Å². The maximum atomic E-state index is 12.9. The molecule has 0 bridgehead atoms. The van der Waals surface area contributed by atoms with Gasteiger partial charge in [0.2, 0.25) is 0 Å². The molecule has 12 nitrogen and oxygen atoms in total. The third-order valence-electron chi connectivity index (χ3n) is 5.37. The number of alkyl halides is 6. The van der Waals surface area contributed by atoms with Gasteiger partial charge in [-0.2, -0.15) is 43.4 Å². The maximum Gasteiger partial charge on any atom is 0.490 e. The van der Waals surface area contributed by atoms with Crippen molar-refractivity contribution in [2.75, 3.05) is 32.7 Å². The molecule has 2 fully saturated rings. The minimum Gasteiger partial charge on any atom is -0.480 e. The van der Waals surface area contributed by atoms with Crippen LogP contribution in [0.15, 0.2) is 0 Å². The first kappa shape index (κ1) is 31.3. The fourth-order valence-electron chi connectivity index (χ4n) is 3.41. The van der Waals surface area contributed by atoms with Gasteiger partial charge in [-0.3, -0.25) is 4.79 Å². The summed E-state index contributed by atoms with van der Waals surface area (Å²) >= 11 is 0. The molecule has 0 aromatic heterocycles. The Morgan fingerprint density at radius 1 is 1.14 bits per heavy atom. The lowest BCUT2D eigenvalue weighted by molar-refractivity contribution is -0.192. The highest BCUT2D eigenvalue weighted by atomic mass is 32.2. The zero-order valence-electron chi connectivity index (χ0n) is 18.0. The predicted molar refractivity (Wildman–Crippen MR) is 106 cm³/mol. The van der Waals surface area contributed by atoms with Crippen molar-refractivity contribution in [3.63, 3.8) is 0 Å². The topological polar surface area (TPSA) is 194 Å². The second-order valence-corrected chi connectivity index (χ2v) is 9.91. The van der Waals surface area contributed by atoms with Crippen molar-refractivity contribution < 1.29 is 64.6 Å². The third kappa shape index (κ3) is 8.72. The molecule has 20 heteroatoms. The SMILES string of the molecule is N[C@@]1(C(=O)O)CN(S(=O)(=O)N(CC(F)(F)F)C2CNC2)C[C@@H]1CCCB(O)O.O=C(O)C(F)(F)F. The lowest BCUT2D eigenvalue weighted by atomic mass is 9.78. The molecule has 35 heavy (non-hydrogen) atoms. The van der Waals surface area contributed by atoms with Crippen molar-refractivity contribution in [3.05, 3.63) is 0 Å². The Hall–Kier alpha value is -1.71. The third-order valence-corrected chi connectivity index (χ3v) is 7.32. The number of rotatable bonds is 9. The van der Waals surface area contributed by atoms with Crippen LogP contribution >= 0.6 is 0 Å². The monoisotopic (exact) mass is 546 g/mol. The van der Waals surface area contributed by atoms with E-state index in [0.29, 0.717) is 8.61 Å². The molecule has 2 aliphatic rings. The molecule has 2 aliphatic heterocycles. The van der Waals surface area contributed by atoms with Gasteiger partial charge in [0.05, 0.1) is 6.04 Å². The van der Waals surface area contributed by atoms with Crippen LogP contribution in [0.5, 0.6) is 0 Å². The number of nitrogens with zero attached hydrogens (tertiary/aromatic N) is 2. The highest BCUT2D eigenvalue weighted by Gasteiger charge is 2.55. The van der Waals surface area contributed by atoms with Gasteiger partial charge in [0.1, 0.15) is 12.1 Å². The zero-order chi connectivity index (χ0) is 27.4. The number of nitrogens with one attached hydrogen (secondary N) is 1. The molecular weight excluding hydrogens is 521 g/mol. The summed E-state index contributed by atoms with van der Waals surface area (Å²) in [6.45, 7) is -2.57. The van der Waals surface area contributed by atoms with Crippen molar-refractivity contribution in [2.24, 2.45) is 11.7 Å². The molecule has 0 unspecified atom stereocenters. The molecule has 2 rings (SSSR count). The van der Waals surface area contributed by atoms with Crippen LogP contribution in [-0.2, 0) is 19.8 Å². The Labute approximate surface area is 196 Å². The summed E-state index contributed by atoms with van der Waals surface area (Å²) in [5.41, 5.74) is 3.94. The van der Waals surface area contributed by atoms with Crippen molar-refractivity contribution in [2.45, 2.75) is 43.1 Å². The normalized spacial score (nSPS) is 24.0. The Morgan fingerprint density at radius 2 is 1.66 bits per heavy atom. The van der Waals surface area contributed by atoms with E-state index in [9.17, 15) is 44.7 Å². The van der Waals surface area contributed by atoms with Gasteiger partial charge >= 0.3 is 31.4 Å². The van der Waals surface area contributed by atoms with Crippen molar-refractivity contribution in [1.82, 2.24) is 13.9 Å². The van der Waals surface area contributed by atoms with E-state index >= 15 is 0 Å². The first-order valence-corrected chi connectivity index (χ1v) is 11.3. The van der Waals surface area contributed by atoms with E-state index in [4.69, 9.17) is 25.7 Å². The standard InChI is InChI=1S/C13H24BF3N4O6S.C2HF3O2/c15-13(16,17)8-21(10-4-19-5-10)28(26,27)20-6-9(2-1-3-14(24)25)12(18,7-20)11(22)23;3-2(4,5)1(6)7/h9-10,19,24-25H,1-8,18H2,(H,22,23);(H,6,7)/t9-,12-;/m0./s1. The van der Waals surface area contributed by atoms with Crippen LogP contribution in [0.4, 0.5) is 26.3 Å². The number of halogens is 6. The minimum atomic E-state index is -5.08. The quantitative estimate of drug-likeness (QED) is 0.149. The van der Waals surface area contributed by atoms with Gasteiger partial charge in [-0.15, -0.1) is 0 Å². The predicted octanol–water partition coefficient (Wildman–Crippen LogP) is -1.33. The van der Waals surface area contributed by atoms with E-state index in [2.05, 4.69) is 5.32 Å². The number of carbonyl (C=O) groups is 2. The van der Waals surface area contributed by atoms with E-state index in [1.165, 1.54) is 0 Å². The molecule has 2 atom stereocenters. The largest absolute Gasteiger partial charge is 0.490 e. The number of hydrogen-bond acceptors (Lipinski definition) is 8. The molecule has 0 amide bonds. The molecule has 0 radical (unpaired) electrons. The number of carboxylic acid groups (broad SMARTS) is 2. The average Bonchev–Trinajstić information content (AvgIpc) is 2.97. The summed E-state index contributed by atoms with van der Waals surface area (Å²) in [6, 6.07) is -0.882. The summed E-state index contributed by atoms with van der Waals surface area (Å²) in [5, 5.41) is 37.1. The fraction of sp³-hybridized carbons (Fsp3) is 0.867. The summed E-state index contributed by atoms with van der Waals surface area (Å²) in [5.74, 6) is -5.11. The maximum absolute atomic E-state index is 12.9. The molecule has 7 N–H and O–H groups in total.